The molecule has 0 spiro atoms. The number of aliphatic carboxylic acids is 1. The highest BCUT2D eigenvalue weighted by atomic mass is 32.2. The predicted molar refractivity (Wildman–Crippen MR) is 309 cm³/mol. The van der Waals surface area contributed by atoms with Crippen LogP contribution in [0.3, 0.4) is 0 Å². The second-order valence-electron chi connectivity index (χ2n) is 20.3. The molecule has 2 aliphatic rings. The van der Waals surface area contributed by atoms with E-state index in [-0.39, 0.29) is 23.3 Å². The summed E-state index contributed by atoms with van der Waals surface area (Å²) < 4.78 is 80.5. The first-order valence-electron chi connectivity index (χ1n) is 27.0. The molecular weight excluding hydrogens is 1060 g/mol. The highest BCUT2D eigenvalue weighted by Crippen LogP contribution is 2.41. The van der Waals surface area contributed by atoms with Crippen LogP contribution in [0.15, 0.2) is 139 Å². The Morgan fingerprint density at radius 1 is 0.741 bits per heavy atom. The Balaban J connectivity index is 0.694. The Hall–Kier alpha value is -7.89. The first kappa shape index (κ1) is 56.4. The molecule has 0 radical (unpaired) electrons. The number of hydrogen-bond donors (Lipinski definition) is 5. The molecule has 2 aliphatic heterocycles. The molecule has 5 heterocycles. The first-order valence-corrected chi connectivity index (χ1v) is 28.5. The summed E-state index contributed by atoms with van der Waals surface area (Å²) in [4.78, 5) is 43.2. The fourth-order valence-electron chi connectivity index (χ4n) is 10.6. The summed E-state index contributed by atoms with van der Waals surface area (Å²) in [5.74, 6) is -0.431. The van der Waals surface area contributed by atoms with E-state index in [4.69, 9.17) is 14.5 Å². The molecule has 0 amide bonds. The van der Waals surface area contributed by atoms with Gasteiger partial charge in [-0.3, -0.25) is 14.5 Å². The number of sulfonamides is 1. The number of carboxylic acid groups (broad SMARTS) is 1. The van der Waals surface area contributed by atoms with Gasteiger partial charge in [0.15, 0.2) is 0 Å². The number of piperazine rings is 1. The SMILES string of the molecule is CN(C)c1cccc2c(S(=O)(=O)Nc3cccc(-c4cnc(NCCOCCOCCN5CCN(Cc6ccc(-c7c[nH]c8nc(NCCC(F)(F)F)ncc78)cc6)CC5)nc4N4CCC(c5ccccc5)C4C(=O)O)c3)cccc12. The summed E-state index contributed by atoms with van der Waals surface area (Å²) in [6.07, 6.45) is 0.471. The van der Waals surface area contributed by atoms with Crippen LogP contribution in [0.4, 0.5) is 42.3 Å². The van der Waals surface area contributed by atoms with Crippen LogP contribution >= 0.6 is 0 Å². The van der Waals surface area contributed by atoms with E-state index in [1.165, 1.54) is 5.56 Å². The quantitative estimate of drug-likeness (QED) is 0.0358. The fraction of sp³-hybridized carbons (Fsp3) is 0.339. The molecule has 2 atom stereocenters. The van der Waals surface area contributed by atoms with Gasteiger partial charge in [0.05, 0.1) is 37.7 Å². The smallest absolute Gasteiger partial charge is 0.390 e. The monoisotopic (exact) mass is 1130 g/mol. The van der Waals surface area contributed by atoms with Crippen molar-refractivity contribution >= 4 is 66.9 Å². The van der Waals surface area contributed by atoms with E-state index in [0.717, 1.165) is 72.4 Å². The average Bonchev–Trinajstić information content (AvgIpc) is 4.36. The maximum absolute atomic E-state index is 14.1. The van der Waals surface area contributed by atoms with Crippen molar-refractivity contribution in [1.29, 1.82) is 0 Å². The van der Waals surface area contributed by atoms with Gasteiger partial charge in [-0.1, -0.05) is 91.0 Å². The van der Waals surface area contributed by atoms with Gasteiger partial charge in [0.25, 0.3) is 10.0 Å². The molecular formula is C59H65F3N12O6S. The van der Waals surface area contributed by atoms with Gasteiger partial charge in [-0.25, -0.2) is 23.2 Å². The molecule has 5 aromatic carbocycles. The molecule has 0 bridgehead atoms. The summed E-state index contributed by atoms with van der Waals surface area (Å²) in [7, 11) is -0.230. The van der Waals surface area contributed by atoms with Gasteiger partial charge in [0.2, 0.25) is 11.9 Å². The Labute approximate surface area is 468 Å². The number of rotatable bonds is 24. The van der Waals surface area contributed by atoms with E-state index >= 15 is 0 Å². The van der Waals surface area contributed by atoms with Crippen LogP contribution in [-0.4, -0.2) is 159 Å². The third kappa shape index (κ3) is 13.8. The van der Waals surface area contributed by atoms with Gasteiger partial charge in [0, 0.05) is 136 Å². The van der Waals surface area contributed by atoms with Crippen LogP contribution in [-0.2, 0) is 30.8 Å². The van der Waals surface area contributed by atoms with Crippen LogP contribution in [0.2, 0.25) is 0 Å². The molecule has 0 aliphatic carbocycles. The number of fused-ring (bicyclic) bond motifs is 2. The van der Waals surface area contributed by atoms with Gasteiger partial charge < -0.3 is 40.0 Å². The number of halogens is 3. The number of nitrogens with one attached hydrogen (secondary N) is 4. The molecule has 8 aromatic rings. The van der Waals surface area contributed by atoms with Crippen LogP contribution < -0.4 is 25.2 Å². The summed E-state index contributed by atoms with van der Waals surface area (Å²) in [6, 6.07) is 34.8. The van der Waals surface area contributed by atoms with Crippen molar-refractivity contribution in [2.45, 2.75) is 42.4 Å². The normalized spacial score (nSPS) is 16.3. The summed E-state index contributed by atoms with van der Waals surface area (Å²) in [6.45, 7) is 7.61. The van der Waals surface area contributed by atoms with Crippen LogP contribution in [0.5, 0.6) is 0 Å². The van der Waals surface area contributed by atoms with Crippen LogP contribution in [0, 0.1) is 0 Å². The Bertz CT molecular complexity index is 3550. The summed E-state index contributed by atoms with van der Waals surface area (Å²) in [5.41, 5.74) is 6.94. The Morgan fingerprint density at radius 2 is 1.44 bits per heavy atom. The molecule has 10 rings (SSSR count). The van der Waals surface area contributed by atoms with Gasteiger partial charge >= 0.3 is 12.1 Å². The standard InChI is InChI=1S/C59H65F3N12O6S/c1-71(2)51-15-7-14-47-46(51)13-8-16-52(47)81(77,78)70-44-12-6-11-43(35-44)49-37-66-58(69-55(49)74-25-21-45(53(74)56(75)76)41-9-4-3-5-10-41)64-24-31-79-33-34-80-32-30-72-26-28-73(29-27-72)39-40-17-19-42(20-18-40)48-36-65-54-50(48)38-67-57(68-54)63-23-22-59(60,61)62/h3-20,35-38,45,53,70H,21-34,39H2,1-2H3,(H,75,76)(H,64,66,69)(H2,63,65,67,68). The lowest BCUT2D eigenvalue weighted by atomic mass is 9.91. The number of ether oxygens (including phenoxy) is 2. The van der Waals surface area contributed by atoms with Gasteiger partial charge in [-0.15, -0.1) is 0 Å². The maximum Gasteiger partial charge on any atom is 0.390 e. The van der Waals surface area contributed by atoms with Crippen LogP contribution in [0.25, 0.3) is 44.1 Å². The largest absolute Gasteiger partial charge is 0.480 e. The lowest BCUT2D eigenvalue weighted by molar-refractivity contribution is -0.138. The van der Waals surface area contributed by atoms with E-state index in [2.05, 4.69) is 69.4 Å². The van der Waals surface area contributed by atoms with Crippen LogP contribution in [0.1, 0.15) is 29.9 Å². The number of anilines is 5. The highest BCUT2D eigenvalue weighted by molar-refractivity contribution is 7.93. The number of aromatic nitrogens is 5. The van der Waals surface area contributed by atoms with E-state index in [1.807, 2.05) is 84.7 Å². The molecule has 0 saturated carbocycles. The third-order valence-corrected chi connectivity index (χ3v) is 16.1. The van der Waals surface area contributed by atoms with Crippen molar-refractivity contribution in [3.63, 3.8) is 0 Å². The average molecular weight is 1130 g/mol. The molecule has 2 saturated heterocycles. The summed E-state index contributed by atoms with van der Waals surface area (Å²) >= 11 is 0. The van der Waals surface area contributed by atoms with E-state index in [9.17, 15) is 31.5 Å². The summed E-state index contributed by atoms with van der Waals surface area (Å²) in [5, 5.41) is 18.8. The second-order valence-corrected chi connectivity index (χ2v) is 22.0. The van der Waals surface area contributed by atoms with Crippen molar-refractivity contribution in [1.82, 2.24) is 34.7 Å². The van der Waals surface area contributed by atoms with Gasteiger partial charge in [-0.05, 0) is 52.9 Å². The lowest BCUT2D eigenvalue weighted by Gasteiger charge is -2.34. The minimum atomic E-state index is -4.25. The number of aromatic amines is 1. The molecule has 18 nitrogen and oxygen atoms in total. The number of carboxylic acids is 1. The van der Waals surface area contributed by atoms with Crippen molar-refractivity contribution in [2.75, 3.05) is 118 Å². The van der Waals surface area contributed by atoms with Crippen molar-refractivity contribution < 1.29 is 41.0 Å². The number of alkyl halides is 3. The Kier molecular flexibility index (Phi) is 17.6. The number of benzene rings is 5. The topological polar surface area (TPSA) is 206 Å². The third-order valence-electron chi connectivity index (χ3n) is 14.7. The van der Waals surface area contributed by atoms with Gasteiger partial charge in [-0.2, -0.15) is 23.1 Å². The number of H-pyrrole nitrogens is 1. The molecule has 2 fully saturated rings. The molecule has 2 unspecified atom stereocenters. The zero-order chi connectivity index (χ0) is 56.5. The molecule has 22 heteroatoms. The maximum atomic E-state index is 14.1. The first-order chi connectivity index (χ1) is 39.2. The minimum Gasteiger partial charge on any atom is -0.480 e. The lowest BCUT2D eigenvalue weighted by Crippen LogP contribution is -2.46. The highest BCUT2D eigenvalue weighted by Gasteiger charge is 2.42. The number of nitrogens with zero attached hydrogens (tertiary/aromatic N) is 8. The molecule has 81 heavy (non-hydrogen) atoms. The zero-order valence-electron chi connectivity index (χ0n) is 45.1. The van der Waals surface area contributed by atoms with Gasteiger partial charge in [0.1, 0.15) is 17.5 Å². The zero-order valence-corrected chi connectivity index (χ0v) is 45.9. The Morgan fingerprint density at radius 3 is 2.21 bits per heavy atom. The van der Waals surface area contributed by atoms with Crippen molar-refractivity contribution in [3.05, 3.63) is 145 Å². The van der Waals surface area contributed by atoms with Crippen molar-refractivity contribution in [2.24, 2.45) is 0 Å². The van der Waals surface area contributed by atoms with E-state index in [0.29, 0.717) is 85.6 Å². The number of carbonyl (C=O) groups is 1. The fourth-order valence-corrected chi connectivity index (χ4v) is 11.9. The second kappa shape index (κ2) is 25.3. The van der Waals surface area contributed by atoms with E-state index in [1.54, 1.807) is 48.8 Å². The minimum absolute atomic E-state index is 0.143. The van der Waals surface area contributed by atoms with Crippen molar-refractivity contribution in [3.8, 4) is 22.3 Å². The molecule has 3 aromatic heterocycles. The predicted octanol–water partition coefficient (Wildman–Crippen LogP) is 9.18. The molecule has 424 valence electrons. The van der Waals surface area contributed by atoms with E-state index < -0.39 is 34.6 Å². The number of hydrogen-bond acceptors (Lipinski definition) is 15. The molecule has 5 N–H and O–H groups in total.